The second-order valence-electron chi connectivity index (χ2n) is 6.48. The van der Waals surface area contributed by atoms with Crippen molar-refractivity contribution in [2.24, 2.45) is 0 Å². The predicted molar refractivity (Wildman–Crippen MR) is 88.3 cm³/mol. The molecule has 3 nitrogen and oxygen atoms in total. The van der Waals surface area contributed by atoms with Crippen LogP contribution in [0.1, 0.15) is 34.7 Å². The van der Waals surface area contributed by atoms with Crippen LogP contribution in [0.5, 0.6) is 0 Å². The molecule has 0 saturated carbocycles. The number of halogens is 6. The quantitative estimate of drug-likeness (QED) is 0.729. The van der Waals surface area contributed by atoms with E-state index in [4.69, 9.17) is 0 Å². The van der Waals surface area contributed by atoms with E-state index in [-0.39, 0.29) is 29.8 Å². The maximum Gasteiger partial charge on any atom is 0.416 e. The highest BCUT2D eigenvalue weighted by Crippen LogP contribution is 2.43. The number of aliphatic hydroxyl groups excluding tert-OH is 1. The summed E-state index contributed by atoms with van der Waals surface area (Å²) in [6.45, 7) is -0.100. The number of hydrogen-bond donors (Lipinski definition) is 1. The first kappa shape index (κ1) is 20.0. The SMILES string of the molecule is N#Cc1cc(C(F)(F)F)ccc1N1CC(O)CC1c1ccccc1C(F)(F)F. The molecule has 1 fully saturated rings. The van der Waals surface area contributed by atoms with Gasteiger partial charge in [-0.05, 0) is 36.2 Å². The van der Waals surface area contributed by atoms with E-state index in [0.717, 1.165) is 18.2 Å². The van der Waals surface area contributed by atoms with E-state index in [0.29, 0.717) is 6.07 Å². The molecule has 0 amide bonds. The zero-order valence-corrected chi connectivity index (χ0v) is 14.2. The summed E-state index contributed by atoms with van der Waals surface area (Å²) in [6.07, 6.45) is -10.3. The molecule has 9 heteroatoms. The maximum atomic E-state index is 13.4. The fraction of sp³-hybridized carbons (Fsp3) is 0.316. The molecular weight excluding hydrogens is 386 g/mol. The van der Waals surface area contributed by atoms with Gasteiger partial charge in [-0.1, -0.05) is 18.2 Å². The zero-order chi connectivity index (χ0) is 20.7. The number of rotatable bonds is 2. The van der Waals surface area contributed by atoms with E-state index >= 15 is 0 Å². The van der Waals surface area contributed by atoms with Gasteiger partial charge in [-0.25, -0.2) is 0 Å². The number of hydrogen-bond acceptors (Lipinski definition) is 3. The molecule has 2 aromatic rings. The number of β-amino-alcohol motifs (C(OH)–C–C–N with tert-alkyl or cyclic N) is 1. The molecule has 148 valence electrons. The van der Waals surface area contributed by atoms with Crippen LogP contribution in [0.4, 0.5) is 32.0 Å². The van der Waals surface area contributed by atoms with E-state index in [1.54, 1.807) is 6.07 Å². The topological polar surface area (TPSA) is 47.3 Å². The third kappa shape index (κ3) is 3.78. The van der Waals surface area contributed by atoms with E-state index in [1.807, 2.05) is 0 Å². The number of aliphatic hydroxyl groups is 1. The van der Waals surface area contributed by atoms with Crippen LogP contribution < -0.4 is 4.90 Å². The highest BCUT2D eigenvalue weighted by atomic mass is 19.4. The number of benzene rings is 2. The van der Waals surface area contributed by atoms with Crippen molar-refractivity contribution in [1.29, 1.82) is 5.26 Å². The minimum atomic E-state index is -4.66. The fourth-order valence-corrected chi connectivity index (χ4v) is 3.47. The van der Waals surface area contributed by atoms with Crippen LogP contribution in [-0.4, -0.2) is 17.8 Å². The average molecular weight is 400 g/mol. The first-order chi connectivity index (χ1) is 13.0. The molecule has 2 unspecified atom stereocenters. The Labute approximate surface area is 156 Å². The lowest BCUT2D eigenvalue weighted by atomic mass is 9.96. The predicted octanol–water partition coefficient (Wildman–Crippen LogP) is 4.91. The molecule has 3 rings (SSSR count). The van der Waals surface area contributed by atoms with Crippen molar-refractivity contribution in [2.45, 2.75) is 30.9 Å². The van der Waals surface area contributed by atoms with Crippen molar-refractivity contribution in [3.05, 3.63) is 64.7 Å². The van der Waals surface area contributed by atoms with Crippen molar-refractivity contribution >= 4 is 5.69 Å². The largest absolute Gasteiger partial charge is 0.416 e. The molecule has 0 aromatic heterocycles. The van der Waals surface area contributed by atoms with Crippen LogP contribution in [0, 0.1) is 11.3 Å². The molecule has 1 saturated heterocycles. The molecule has 1 heterocycles. The van der Waals surface area contributed by atoms with Crippen LogP contribution >= 0.6 is 0 Å². The Balaban J connectivity index is 2.09. The Morgan fingerprint density at radius 2 is 1.68 bits per heavy atom. The zero-order valence-electron chi connectivity index (χ0n) is 14.2. The number of nitrogens with zero attached hydrogens (tertiary/aromatic N) is 2. The van der Waals surface area contributed by atoms with E-state index in [9.17, 15) is 36.7 Å². The highest BCUT2D eigenvalue weighted by molar-refractivity contribution is 5.63. The van der Waals surface area contributed by atoms with Crippen molar-refractivity contribution in [3.63, 3.8) is 0 Å². The summed E-state index contributed by atoms with van der Waals surface area (Å²) in [5.74, 6) is 0. The van der Waals surface area contributed by atoms with Crippen LogP contribution in [0.2, 0.25) is 0 Å². The van der Waals surface area contributed by atoms with Gasteiger partial charge in [0.25, 0.3) is 0 Å². The molecule has 1 aliphatic heterocycles. The molecule has 2 atom stereocenters. The Hall–Kier alpha value is -2.73. The van der Waals surface area contributed by atoms with Crippen LogP contribution in [0.15, 0.2) is 42.5 Å². The van der Waals surface area contributed by atoms with Gasteiger partial charge >= 0.3 is 12.4 Å². The van der Waals surface area contributed by atoms with E-state index in [2.05, 4.69) is 0 Å². The summed E-state index contributed by atoms with van der Waals surface area (Å²) in [7, 11) is 0. The smallest absolute Gasteiger partial charge is 0.391 e. The molecule has 0 radical (unpaired) electrons. The highest BCUT2D eigenvalue weighted by Gasteiger charge is 2.41. The lowest BCUT2D eigenvalue weighted by molar-refractivity contribution is -0.139. The third-order valence-corrected chi connectivity index (χ3v) is 4.66. The summed E-state index contributed by atoms with van der Waals surface area (Å²) in [5, 5.41) is 19.3. The Morgan fingerprint density at radius 3 is 2.29 bits per heavy atom. The number of alkyl halides is 6. The molecular formula is C19H14F6N2O. The van der Waals surface area contributed by atoms with Gasteiger partial charge in [0.1, 0.15) is 6.07 Å². The standard InChI is InChI=1S/C19H14F6N2O/c20-18(21,22)12-5-6-16(11(7-12)9-26)27-10-13(28)8-17(27)14-3-1-2-4-15(14)19(23,24)25/h1-7,13,17,28H,8,10H2. The molecule has 1 N–H and O–H groups in total. The van der Waals surface area contributed by atoms with Crippen LogP contribution in [0.3, 0.4) is 0 Å². The minimum Gasteiger partial charge on any atom is -0.391 e. The van der Waals surface area contributed by atoms with Crippen molar-refractivity contribution < 1.29 is 31.4 Å². The van der Waals surface area contributed by atoms with Gasteiger partial charge in [-0.3, -0.25) is 0 Å². The summed E-state index contributed by atoms with van der Waals surface area (Å²) in [5.41, 5.74) is -2.29. The first-order valence-corrected chi connectivity index (χ1v) is 8.24. The molecule has 2 aromatic carbocycles. The van der Waals surface area contributed by atoms with Gasteiger partial charge in [0, 0.05) is 6.54 Å². The van der Waals surface area contributed by atoms with Crippen LogP contribution in [0.25, 0.3) is 0 Å². The summed E-state index contributed by atoms with van der Waals surface area (Å²) in [4.78, 5) is 1.36. The lowest BCUT2D eigenvalue weighted by Crippen LogP contribution is -2.27. The normalized spacial score (nSPS) is 20.3. The Morgan fingerprint density at radius 1 is 1.00 bits per heavy atom. The lowest BCUT2D eigenvalue weighted by Gasteiger charge is -2.29. The second kappa shape index (κ2) is 7.02. The number of nitriles is 1. The van der Waals surface area contributed by atoms with Gasteiger partial charge in [0.05, 0.1) is 34.5 Å². The van der Waals surface area contributed by atoms with Crippen molar-refractivity contribution in [1.82, 2.24) is 0 Å². The fourth-order valence-electron chi connectivity index (χ4n) is 3.47. The average Bonchev–Trinajstić information content (AvgIpc) is 3.01. The molecule has 0 aliphatic carbocycles. The van der Waals surface area contributed by atoms with E-state index in [1.165, 1.54) is 23.1 Å². The van der Waals surface area contributed by atoms with Gasteiger partial charge in [0.2, 0.25) is 0 Å². The van der Waals surface area contributed by atoms with Gasteiger partial charge < -0.3 is 10.0 Å². The van der Waals surface area contributed by atoms with Crippen molar-refractivity contribution in [3.8, 4) is 6.07 Å². The Bertz CT molecular complexity index is 916. The molecule has 1 aliphatic rings. The van der Waals surface area contributed by atoms with Crippen LogP contribution in [-0.2, 0) is 12.4 Å². The van der Waals surface area contributed by atoms with Crippen molar-refractivity contribution in [2.75, 3.05) is 11.4 Å². The molecule has 28 heavy (non-hydrogen) atoms. The third-order valence-electron chi connectivity index (χ3n) is 4.66. The molecule has 0 spiro atoms. The summed E-state index contributed by atoms with van der Waals surface area (Å²) < 4.78 is 78.9. The Kier molecular flexibility index (Phi) is 5.02. The summed E-state index contributed by atoms with van der Waals surface area (Å²) >= 11 is 0. The minimum absolute atomic E-state index is 0.0427. The first-order valence-electron chi connectivity index (χ1n) is 8.24. The number of anilines is 1. The van der Waals surface area contributed by atoms with Gasteiger partial charge in [-0.15, -0.1) is 0 Å². The van der Waals surface area contributed by atoms with E-state index < -0.39 is 35.6 Å². The van der Waals surface area contributed by atoms with Gasteiger partial charge in [-0.2, -0.15) is 31.6 Å². The monoisotopic (exact) mass is 400 g/mol. The maximum absolute atomic E-state index is 13.4. The van der Waals surface area contributed by atoms with Gasteiger partial charge in [0.15, 0.2) is 0 Å². The molecule has 0 bridgehead atoms. The second-order valence-corrected chi connectivity index (χ2v) is 6.48. The summed E-state index contributed by atoms with van der Waals surface area (Å²) in [6, 6.07) is 8.07.